The van der Waals surface area contributed by atoms with Gasteiger partial charge in [0.25, 0.3) is 0 Å². The lowest BCUT2D eigenvalue weighted by molar-refractivity contribution is -0.0529. The molecule has 2 atom stereocenters. The Kier molecular flexibility index (Phi) is 4.17. The van der Waals surface area contributed by atoms with Gasteiger partial charge in [-0.2, -0.15) is 0 Å². The summed E-state index contributed by atoms with van der Waals surface area (Å²) in [7, 11) is 0. The van der Waals surface area contributed by atoms with E-state index in [2.05, 4.69) is 11.8 Å². The summed E-state index contributed by atoms with van der Waals surface area (Å²) >= 11 is 0. The number of ether oxygens (including phenoxy) is 1. The molecule has 0 bridgehead atoms. The summed E-state index contributed by atoms with van der Waals surface area (Å²) in [6, 6.07) is 5.28. The van der Waals surface area contributed by atoms with Gasteiger partial charge in [-0.15, -0.1) is 0 Å². The molecule has 0 saturated carbocycles. The first-order chi connectivity index (χ1) is 8.99. The molecule has 5 heteroatoms. The van der Waals surface area contributed by atoms with Gasteiger partial charge in [0.15, 0.2) is 0 Å². The molecule has 4 nitrogen and oxygen atoms in total. The Morgan fingerprint density at radius 3 is 2.95 bits per heavy atom. The molecule has 1 heterocycles. The maximum Gasteiger partial charge on any atom is 0.138 e. The molecule has 1 fully saturated rings. The molecule has 1 aromatic rings. The van der Waals surface area contributed by atoms with Gasteiger partial charge >= 0.3 is 0 Å². The van der Waals surface area contributed by atoms with E-state index in [0.29, 0.717) is 18.7 Å². The second-order valence-corrected chi connectivity index (χ2v) is 5.11. The molecule has 2 rings (SSSR count). The third kappa shape index (κ3) is 3.11. The highest BCUT2D eigenvalue weighted by Crippen LogP contribution is 2.19. The molecule has 1 aliphatic heterocycles. The molecule has 1 aromatic carbocycles. The molecule has 0 spiro atoms. The molecule has 0 amide bonds. The average molecular weight is 265 g/mol. The van der Waals surface area contributed by atoms with Crippen LogP contribution in [0.25, 0.3) is 0 Å². The Bertz CT molecular complexity index is 478. The molecule has 3 N–H and O–H groups in total. The maximum absolute atomic E-state index is 14.2. The lowest BCUT2D eigenvalue weighted by Gasteiger charge is -2.36. The molecular weight excluding hydrogens is 245 g/mol. The number of nitrogens with zero attached hydrogens (tertiary/aromatic N) is 1. The van der Waals surface area contributed by atoms with Gasteiger partial charge in [0.1, 0.15) is 11.7 Å². The van der Waals surface area contributed by atoms with E-state index in [-0.39, 0.29) is 29.4 Å². The van der Waals surface area contributed by atoms with Crippen LogP contribution in [0.3, 0.4) is 0 Å². The smallest absolute Gasteiger partial charge is 0.138 e. The van der Waals surface area contributed by atoms with Crippen LogP contribution in [0.4, 0.5) is 4.39 Å². The lowest BCUT2D eigenvalue weighted by atomic mass is 10.1. The number of hydrogen-bond acceptors (Lipinski definition) is 3. The van der Waals surface area contributed by atoms with Gasteiger partial charge in [-0.1, -0.05) is 12.1 Å². The Morgan fingerprint density at radius 2 is 2.26 bits per heavy atom. The minimum Gasteiger partial charge on any atom is -0.384 e. The number of amidine groups is 1. The van der Waals surface area contributed by atoms with Crippen molar-refractivity contribution in [2.45, 2.75) is 32.5 Å². The SMILES string of the molecule is CC1CN(Cc2cccc(C(=N)N)c2F)C(C)CO1. The predicted octanol–water partition coefficient (Wildman–Crippen LogP) is 1.72. The van der Waals surface area contributed by atoms with Gasteiger partial charge < -0.3 is 10.5 Å². The summed E-state index contributed by atoms with van der Waals surface area (Å²) < 4.78 is 19.8. The summed E-state index contributed by atoms with van der Waals surface area (Å²) in [5.41, 5.74) is 6.13. The second-order valence-electron chi connectivity index (χ2n) is 5.11. The summed E-state index contributed by atoms with van der Waals surface area (Å²) in [5, 5.41) is 7.37. The van der Waals surface area contributed by atoms with Gasteiger partial charge in [0, 0.05) is 24.7 Å². The van der Waals surface area contributed by atoms with Crippen LogP contribution in [-0.4, -0.2) is 36.0 Å². The minimum atomic E-state index is -0.388. The van der Waals surface area contributed by atoms with Crippen LogP contribution in [0.5, 0.6) is 0 Å². The minimum absolute atomic E-state index is 0.162. The summed E-state index contributed by atoms with van der Waals surface area (Å²) in [6.07, 6.45) is 0.162. The van der Waals surface area contributed by atoms with Gasteiger partial charge in [0.2, 0.25) is 0 Å². The fourth-order valence-electron chi connectivity index (χ4n) is 2.32. The van der Waals surface area contributed by atoms with Crippen molar-refractivity contribution >= 4 is 5.84 Å². The number of benzene rings is 1. The van der Waals surface area contributed by atoms with Crippen LogP contribution < -0.4 is 5.73 Å². The summed E-state index contributed by atoms with van der Waals surface area (Å²) in [6.45, 7) is 6.04. The average Bonchev–Trinajstić information content (AvgIpc) is 2.36. The van der Waals surface area contributed by atoms with E-state index in [0.717, 1.165) is 6.54 Å². The van der Waals surface area contributed by atoms with E-state index < -0.39 is 0 Å². The first-order valence-electron chi connectivity index (χ1n) is 6.46. The van der Waals surface area contributed by atoms with Gasteiger partial charge in [-0.3, -0.25) is 10.3 Å². The Labute approximate surface area is 112 Å². The number of hydrogen-bond donors (Lipinski definition) is 2. The normalized spacial score (nSPS) is 24.4. The van der Waals surface area contributed by atoms with Crippen LogP contribution in [0.2, 0.25) is 0 Å². The third-order valence-corrected chi connectivity index (χ3v) is 3.48. The van der Waals surface area contributed by atoms with Crippen molar-refractivity contribution in [1.29, 1.82) is 5.41 Å². The van der Waals surface area contributed by atoms with Gasteiger partial charge in [-0.05, 0) is 19.9 Å². The Hall–Kier alpha value is -1.46. The fraction of sp³-hybridized carbons (Fsp3) is 0.500. The number of nitrogens with two attached hydrogens (primary N) is 1. The van der Waals surface area contributed by atoms with E-state index >= 15 is 0 Å². The molecule has 2 unspecified atom stereocenters. The number of nitrogens with one attached hydrogen (secondary N) is 1. The van der Waals surface area contributed by atoms with Crippen molar-refractivity contribution < 1.29 is 9.13 Å². The molecule has 0 aliphatic carbocycles. The van der Waals surface area contributed by atoms with E-state index in [1.54, 1.807) is 12.1 Å². The molecule has 104 valence electrons. The standard InChI is InChI=1S/C14H20FN3O/c1-9-8-19-10(2)6-18(9)7-11-4-3-5-12(13(11)15)14(16)17/h3-5,9-10H,6-8H2,1-2H3,(H3,16,17). The van der Waals surface area contributed by atoms with Crippen LogP contribution in [0.15, 0.2) is 18.2 Å². The maximum atomic E-state index is 14.2. The number of rotatable bonds is 3. The fourth-order valence-corrected chi connectivity index (χ4v) is 2.32. The number of halogens is 1. The second kappa shape index (κ2) is 5.67. The van der Waals surface area contributed by atoms with E-state index in [4.69, 9.17) is 15.9 Å². The zero-order valence-corrected chi connectivity index (χ0v) is 11.3. The highest BCUT2D eigenvalue weighted by Gasteiger charge is 2.24. The van der Waals surface area contributed by atoms with Crippen LogP contribution in [0.1, 0.15) is 25.0 Å². The lowest BCUT2D eigenvalue weighted by Crippen LogP contribution is -2.46. The summed E-state index contributed by atoms with van der Waals surface area (Å²) in [4.78, 5) is 2.19. The van der Waals surface area contributed by atoms with Crippen LogP contribution >= 0.6 is 0 Å². The van der Waals surface area contributed by atoms with Gasteiger partial charge in [0.05, 0.1) is 18.3 Å². The van der Waals surface area contributed by atoms with Crippen molar-refractivity contribution in [3.05, 3.63) is 35.1 Å². The van der Waals surface area contributed by atoms with Crippen molar-refractivity contribution in [1.82, 2.24) is 4.90 Å². The first kappa shape index (κ1) is 14.0. The zero-order valence-electron chi connectivity index (χ0n) is 11.3. The molecule has 19 heavy (non-hydrogen) atoms. The topological polar surface area (TPSA) is 62.3 Å². The van der Waals surface area contributed by atoms with E-state index in [1.165, 1.54) is 6.07 Å². The zero-order chi connectivity index (χ0) is 14.0. The van der Waals surface area contributed by atoms with Crippen molar-refractivity contribution in [3.8, 4) is 0 Å². The quantitative estimate of drug-likeness (QED) is 0.646. The third-order valence-electron chi connectivity index (χ3n) is 3.48. The summed E-state index contributed by atoms with van der Waals surface area (Å²) in [5.74, 6) is -0.621. The van der Waals surface area contributed by atoms with Crippen LogP contribution in [0, 0.1) is 11.2 Å². The molecule has 0 radical (unpaired) electrons. The molecule has 1 saturated heterocycles. The molecular formula is C14H20FN3O. The number of nitrogen functional groups attached to an aromatic ring is 1. The monoisotopic (exact) mass is 265 g/mol. The van der Waals surface area contributed by atoms with Crippen molar-refractivity contribution in [3.63, 3.8) is 0 Å². The molecule has 1 aliphatic rings. The van der Waals surface area contributed by atoms with Crippen molar-refractivity contribution in [2.24, 2.45) is 5.73 Å². The Morgan fingerprint density at radius 1 is 1.53 bits per heavy atom. The highest BCUT2D eigenvalue weighted by molar-refractivity contribution is 5.95. The largest absolute Gasteiger partial charge is 0.384 e. The van der Waals surface area contributed by atoms with Gasteiger partial charge in [-0.25, -0.2) is 4.39 Å². The van der Waals surface area contributed by atoms with E-state index in [9.17, 15) is 4.39 Å². The predicted molar refractivity (Wildman–Crippen MR) is 72.7 cm³/mol. The first-order valence-corrected chi connectivity index (χ1v) is 6.46. The highest BCUT2D eigenvalue weighted by atomic mass is 19.1. The molecule has 0 aromatic heterocycles. The number of morpholine rings is 1. The van der Waals surface area contributed by atoms with Crippen LogP contribution in [-0.2, 0) is 11.3 Å². The van der Waals surface area contributed by atoms with E-state index in [1.807, 2.05) is 6.92 Å². The Balaban J connectivity index is 2.19. The van der Waals surface area contributed by atoms with Crippen molar-refractivity contribution in [2.75, 3.05) is 13.2 Å².